The zero-order valence-corrected chi connectivity index (χ0v) is 13.8. The molecule has 1 aromatic carbocycles. The van der Waals surface area contributed by atoms with Crippen molar-refractivity contribution in [2.45, 2.75) is 19.8 Å². The number of aryl methyl sites for hydroxylation is 1. The van der Waals surface area contributed by atoms with Crippen LogP contribution in [0.3, 0.4) is 0 Å². The molecule has 2 heterocycles. The van der Waals surface area contributed by atoms with E-state index < -0.39 is 0 Å². The fourth-order valence-electron chi connectivity index (χ4n) is 2.19. The zero-order valence-electron chi connectivity index (χ0n) is 12.2. The first kappa shape index (κ1) is 14.9. The first-order valence-electron chi connectivity index (χ1n) is 7.18. The number of carbonyl (C=O) groups is 1. The molecule has 22 heavy (non-hydrogen) atoms. The molecule has 0 fully saturated rings. The maximum atomic E-state index is 12.2. The van der Waals surface area contributed by atoms with Gasteiger partial charge in [0.05, 0.1) is 10.6 Å². The van der Waals surface area contributed by atoms with Gasteiger partial charge in [0.2, 0.25) is 0 Å². The van der Waals surface area contributed by atoms with Gasteiger partial charge in [0.25, 0.3) is 5.91 Å². The number of hydrogen-bond acceptors (Lipinski definition) is 4. The number of hydrogen-bond donors (Lipinski definition) is 1. The maximum Gasteiger partial charge on any atom is 0.267 e. The third-order valence-electron chi connectivity index (χ3n) is 3.19. The van der Waals surface area contributed by atoms with Crippen LogP contribution < -0.4 is 5.32 Å². The van der Waals surface area contributed by atoms with E-state index in [-0.39, 0.29) is 5.91 Å². The molecule has 3 aromatic rings. The minimum atomic E-state index is -0.0913. The molecular weight excluding hydrogens is 312 g/mol. The van der Waals surface area contributed by atoms with Gasteiger partial charge in [-0.15, -0.1) is 22.7 Å². The van der Waals surface area contributed by atoms with E-state index >= 15 is 0 Å². The summed E-state index contributed by atoms with van der Waals surface area (Å²) >= 11 is 3.00. The van der Waals surface area contributed by atoms with E-state index in [2.05, 4.69) is 29.4 Å². The Hall–Kier alpha value is -1.98. The Morgan fingerprint density at radius 1 is 1.18 bits per heavy atom. The number of amides is 1. The molecule has 112 valence electrons. The Bertz CT molecular complexity index is 748. The summed E-state index contributed by atoms with van der Waals surface area (Å²) in [6, 6.07) is 13.8. The lowest BCUT2D eigenvalue weighted by atomic mass is 10.1. The van der Waals surface area contributed by atoms with Crippen LogP contribution in [0, 0.1) is 0 Å². The smallest absolute Gasteiger partial charge is 0.267 e. The Balaban J connectivity index is 1.88. The number of anilines is 1. The van der Waals surface area contributed by atoms with Gasteiger partial charge in [-0.25, -0.2) is 4.98 Å². The second kappa shape index (κ2) is 6.85. The van der Waals surface area contributed by atoms with Crippen LogP contribution in [0.5, 0.6) is 0 Å². The van der Waals surface area contributed by atoms with Crippen molar-refractivity contribution in [2.24, 2.45) is 0 Å². The summed E-state index contributed by atoms with van der Waals surface area (Å²) in [5.41, 5.74) is 2.08. The summed E-state index contributed by atoms with van der Waals surface area (Å²) in [4.78, 5) is 18.7. The Morgan fingerprint density at radius 2 is 2.00 bits per heavy atom. The van der Waals surface area contributed by atoms with Crippen molar-refractivity contribution in [1.29, 1.82) is 0 Å². The van der Waals surface area contributed by atoms with Gasteiger partial charge in [-0.1, -0.05) is 49.7 Å². The minimum absolute atomic E-state index is 0.0913. The molecule has 5 heteroatoms. The molecule has 1 amide bonds. The van der Waals surface area contributed by atoms with E-state index in [4.69, 9.17) is 0 Å². The number of aromatic nitrogens is 1. The van der Waals surface area contributed by atoms with Gasteiger partial charge in [-0.2, -0.15) is 0 Å². The molecule has 0 saturated heterocycles. The zero-order chi connectivity index (χ0) is 15.4. The topological polar surface area (TPSA) is 42.0 Å². The van der Waals surface area contributed by atoms with Crippen LogP contribution in [-0.4, -0.2) is 10.9 Å². The van der Waals surface area contributed by atoms with Crippen molar-refractivity contribution in [1.82, 2.24) is 4.98 Å². The SMILES string of the molecule is CCCc1sc(NC(=O)c2cccs2)nc1-c1ccccc1. The molecular formula is C17H16N2OS2. The summed E-state index contributed by atoms with van der Waals surface area (Å²) in [6.45, 7) is 2.15. The van der Waals surface area contributed by atoms with E-state index in [1.807, 2.05) is 35.7 Å². The van der Waals surface area contributed by atoms with Gasteiger partial charge in [-0.05, 0) is 17.9 Å². The van der Waals surface area contributed by atoms with Crippen LogP contribution in [-0.2, 0) is 6.42 Å². The van der Waals surface area contributed by atoms with Gasteiger partial charge in [0, 0.05) is 10.4 Å². The third-order valence-corrected chi connectivity index (χ3v) is 5.09. The molecule has 0 radical (unpaired) electrons. The van der Waals surface area contributed by atoms with Gasteiger partial charge in [-0.3, -0.25) is 10.1 Å². The molecule has 0 unspecified atom stereocenters. The fraction of sp³-hybridized carbons (Fsp3) is 0.176. The molecule has 0 atom stereocenters. The molecule has 0 spiro atoms. The monoisotopic (exact) mass is 328 g/mol. The highest BCUT2D eigenvalue weighted by Crippen LogP contribution is 2.32. The molecule has 3 rings (SSSR count). The van der Waals surface area contributed by atoms with Gasteiger partial charge >= 0.3 is 0 Å². The number of rotatable bonds is 5. The van der Waals surface area contributed by atoms with E-state index in [9.17, 15) is 4.79 Å². The number of thiazole rings is 1. The lowest BCUT2D eigenvalue weighted by Crippen LogP contribution is -2.09. The number of nitrogens with one attached hydrogen (secondary N) is 1. The van der Waals surface area contributed by atoms with Crippen LogP contribution in [0.15, 0.2) is 47.8 Å². The van der Waals surface area contributed by atoms with Crippen LogP contribution in [0.4, 0.5) is 5.13 Å². The van der Waals surface area contributed by atoms with Crippen LogP contribution >= 0.6 is 22.7 Å². The van der Waals surface area contributed by atoms with Gasteiger partial charge in [0.15, 0.2) is 5.13 Å². The van der Waals surface area contributed by atoms with Crippen molar-refractivity contribution in [3.8, 4) is 11.3 Å². The normalized spacial score (nSPS) is 10.6. The predicted octanol–water partition coefficient (Wildman–Crippen LogP) is 5.08. The Morgan fingerprint density at radius 3 is 2.68 bits per heavy atom. The lowest BCUT2D eigenvalue weighted by molar-refractivity contribution is 0.103. The second-order valence-electron chi connectivity index (χ2n) is 4.84. The highest BCUT2D eigenvalue weighted by atomic mass is 32.1. The van der Waals surface area contributed by atoms with E-state index in [0.29, 0.717) is 10.0 Å². The van der Waals surface area contributed by atoms with Gasteiger partial charge in [0.1, 0.15) is 0 Å². The summed E-state index contributed by atoms with van der Waals surface area (Å²) in [7, 11) is 0. The highest BCUT2D eigenvalue weighted by Gasteiger charge is 2.15. The summed E-state index contributed by atoms with van der Waals surface area (Å²) in [5, 5.41) is 5.48. The minimum Gasteiger partial charge on any atom is -0.297 e. The number of thiophene rings is 1. The quantitative estimate of drug-likeness (QED) is 0.710. The lowest BCUT2D eigenvalue weighted by Gasteiger charge is -2.00. The van der Waals surface area contributed by atoms with Crippen LogP contribution in [0.1, 0.15) is 27.9 Å². The fourth-order valence-corrected chi connectivity index (χ4v) is 3.89. The third kappa shape index (κ3) is 3.26. The van der Waals surface area contributed by atoms with Crippen molar-refractivity contribution in [3.63, 3.8) is 0 Å². The summed E-state index contributed by atoms with van der Waals surface area (Å²) in [5.74, 6) is -0.0913. The van der Waals surface area contributed by atoms with Crippen LogP contribution in [0.2, 0.25) is 0 Å². The molecule has 0 aliphatic rings. The van der Waals surface area contributed by atoms with Crippen molar-refractivity contribution < 1.29 is 4.79 Å². The summed E-state index contributed by atoms with van der Waals surface area (Å²) in [6.07, 6.45) is 2.02. The number of carbonyl (C=O) groups excluding carboxylic acids is 1. The van der Waals surface area contributed by atoms with Crippen molar-refractivity contribution >= 4 is 33.7 Å². The van der Waals surface area contributed by atoms with E-state index in [0.717, 1.165) is 24.1 Å². The van der Waals surface area contributed by atoms with Gasteiger partial charge < -0.3 is 0 Å². The Labute approximate surface area is 137 Å². The Kier molecular flexibility index (Phi) is 4.65. The molecule has 0 saturated carbocycles. The number of nitrogens with zero attached hydrogens (tertiary/aromatic N) is 1. The first-order valence-corrected chi connectivity index (χ1v) is 8.87. The van der Waals surface area contributed by atoms with Crippen molar-refractivity contribution in [3.05, 3.63) is 57.6 Å². The van der Waals surface area contributed by atoms with E-state index in [1.165, 1.54) is 16.2 Å². The largest absolute Gasteiger partial charge is 0.297 e. The molecule has 1 N–H and O–H groups in total. The molecule has 3 nitrogen and oxygen atoms in total. The number of benzene rings is 1. The average Bonchev–Trinajstić information content (AvgIpc) is 3.18. The van der Waals surface area contributed by atoms with E-state index in [1.54, 1.807) is 11.3 Å². The molecule has 2 aromatic heterocycles. The average molecular weight is 328 g/mol. The molecule has 0 aliphatic heterocycles. The standard InChI is InChI=1S/C17H16N2OS2/c1-2-7-13-15(12-8-4-3-5-9-12)18-17(22-13)19-16(20)14-10-6-11-21-14/h3-6,8-11H,2,7H2,1H3,(H,18,19,20). The van der Waals surface area contributed by atoms with Crippen molar-refractivity contribution in [2.75, 3.05) is 5.32 Å². The van der Waals surface area contributed by atoms with Crippen LogP contribution in [0.25, 0.3) is 11.3 Å². The summed E-state index contributed by atoms with van der Waals surface area (Å²) < 4.78 is 0. The molecule has 0 bridgehead atoms. The second-order valence-corrected chi connectivity index (χ2v) is 6.87. The predicted molar refractivity (Wildman–Crippen MR) is 93.8 cm³/mol. The molecule has 0 aliphatic carbocycles. The maximum absolute atomic E-state index is 12.2. The first-order chi connectivity index (χ1) is 10.8. The highest BCUT2D eigenvalue weighted by molar-refractivity contribution is 7.16.